The van der Waals surface area contributed by atoms with Crippen molar-refractivity contribution in [1.29, 1.82) is 0 Å². The molecule has 0 aliphatic carbocycles. The molecule has 2 N–H and O–H groups in total. The number of rotatable bonds is 4. The minimum atomic E-state index is 0. The summed E-state index contributed by atoms with van der Waals surface area (Å²) < 4.78 is 0. The van der Waals surface area contributed by atoms with Gasteiger partial charge in [-0.15, -0.1) is 12.4 Å². The van der Waals surface area contributed by atoms with Gasteiger partial charge in [-0.2, -0.15) is 0 Å². The van der Waals surface area contributed by atoms with E-state index >= 15 is 0 Å². The third kappa shape index (κ3) is 3.82. The van der Waals surface area contributed by atoms with Crippen molar-refractivity contribution in [3.05, 3.63) is 29.3 Å². The fraction of sp³-hybridized carbons (Fsp3) is 0.579. The quantitative estimate of drug-likeness (QED) is 0.862. The summed E-state index contributed by atoms with van der Waals surface area (Å²) in [5, 5.41) is 6.30. The van der Waals surface area contributed by atoms with Gasteiger partial charge in [0.15, 0.2) is 0 Å². The van der Waals surface area contributed by atoms with Gasteiger partial charge in [0.1, 0.15) is 0 Å². The van der Waals surface area contributed by atoms with Gasteiger partial charge in [-0.3, -0.25) is 9.59 Å². The minimum absolute atomic E-state index is 0. The highest BCUT2D eigenvalue weighted by Gasteiger charge is 2.37. The second kappa shape index (κ2) is 7.75. The van der Waals surface area contributed by atoms with Gasteiger partial charge < -0.3 is 15.5 Å². The second-order valence-electron chi connectivity index (χ2n) is 7.25. The number of benzene rings is 1. The van der Waals surface area contributed by atoms with E-state index in [0.717, 1.165) is 50.0 Å². The molecule has 2 bridgehead atoms. The summed E-state index contributed by atoms with van der Waals surface area (Å²) in [5.74, 6) is 0.395. The number of aryl methyl sites for hydroxylation is 1. The number of hydrogen-bond donors (Lipinski definition) is 2. The molecule has 136 valence electrons. The molecular weight excluding hydrogens is 338 g/mol. The van der Waals surface area contributed by atoms with Crippen LogP contribution < -0.4 is 10.6 Å². The van der Waals surface area contributed by atoms with Crippen LogP contribution in [0.5, 0.6) is 0 Å². The first-order valence-electron chi connectivity index (χ1n) is 9.14. The second-order valence-corrected chi connectivity index (χ2v) is 7.25. The molecule has 3 aliphatic rings. The molecule has 6 heteroatoms. The largest absolute Gasteiger partial charge is 0.335 e. The van der Waals surface area contributed by atoms with E-state index in [-0.39, 0.29) is 18.3 Å². The maximum Gasteiger partial charge on any atom is 0.228 e. The summed E-state index contributed by atoms with van der Waals surface area (Å²) in [5.41, 5.74) is 3.24. The Kier molecular flexibility index (Phi) is 5.64. The van der Waals surface area contributed by atoms with Gasteiger partial charge in [0.2, 0.25) is 11.8 Å². The average molecular weight is 364 g/mol. The lowest BCUT2D eigenvalue weighted by molar-refractivity contribution is -0.133. The van der Waals surface area contributed by atoms with Crippen LogP contribution in [0.2, 0.25) is 0 Å². The monoisotopic (exact) mass is 363 g/mol. The van der Waals surface area contributed by atoms with Crippen LogP contribution in [0.1, 0.15) is 43.2 Å². The number of carbonyl (C=O) groups excluding carboxylic acids is 2. The normalized spacial score (nSPS) is 24.3. The molecule has 2 unspecified atom stereocenters. The summed E-state index contributed by atoms with van der Waals surface area (Å²) in [7, 11) is 0. The van der Waals surface area contributed by atoms with Crippen LogP contribution in [0.3, 0.4) is 0 Å². The zero-order chi connectivity index (χ0) is 16.5. The molecule has 4 rings (SSSR count). The van der Waals surface area contributed by atoms with E-state index in [2.05, 4.69) is 27.7 Å². The number of hydrogen-bond acceptors (Lipinski definition) is 3. The lowest BCUT2D eigenvalue weighted by Crippen LogP contribution is -2.42. The maximum atomic E-state index is 12.7. The standard InChI is InChI=1S/C19H25N3O2.ClH/c23-18-11-14-10-13(4-7-17(14)21-18)2-1-3-19(24)22-15-5-6-16(22)12-20-9-8-15;/h4,7,10,15-16,20H,1-3,5-6,8-9,11-12H2,(H,21,23);1H. The predicted octanol–water partition coefficient (Wildman–Crippen LogP) is 2.28. The van der Waals surface area contributed by atoms with Gasteiger partial charge in [-0.1, -0.05) is 12.1 Å². The average Bonchev–Trinajstić information content (AvgIpc) is 3.04. The Morgan fingerprint density at radius 3 is 2.92 bits per heavy atom. The van der Waals surface area contributed by atoms with Crippen LogP contribution >= 0.6 is 12.4 Å². The van der Waals surface area contributed by atoms with Crippen molar-refractivity contribution < 1.29 is 9.59 Å². The first-order chi connectivity index (χ1) is 11.7. The third-order valence-corrected chi connectivity index (χ3v) is 5.59. The molecule has 3 heterocycles. The minimum Gasteiger partial charge on any atom is -0.335 e. The molecule has 2 fully saturated rings. The Labute approximate surface area is 154 Å². The van der Waals surface area contributed by atoms with Crippen molar-refractivity contribution in [2.24, 2.45) is 0 Å². The van der Waals surface area contributed by atoms with Gasteiger partial charge in [-0.25, -0.2) is 0 Å². The van der Waals surface area contributed by atoms with E-state index in [9.17, 15) is 9.59 Å². The Balaban J connectivity index is 0.00000182. The molecule has 3 aliphatic heterocycles. The summed E-state index contributed by atoms with van der Waals surface area (Å²) in [6.45, 7) is 1.99. The fourth-order valence-electron chi connectivity index (χ4n) is 4.40. The van der Waals surface area contributed by atoms with Crippen molar-refractivity contribution in [1.82, 2.24) is 10.2 Å². The van der Waals surface area contributed by atoms with E-state index in [0.29, 0.717) is 30.8 Å². The van der Waals surface area contributed by atoms with Gasteiger partial charge in [-0.05, 0) is 55.8 Å². The van der Waals surface area contributed by atoms with E-state index in [1.807, 2.05) is 6.07 Å². The number of nitrogens with one attached hydrogen (secondary N) is 2. The van der Waals surface area contributed by atoms with Gasteiger partial charge in [0.05, 0.1) is 6.42 Å². The van der Waals surface area contributed by atoms with Crippen molar-refractivity contribution in [3.8, 4) is 0 Å². The molecule has 0 spiro atoms. The zero-order valence-electron chi connectivity index (χ0n) is 14.4. The molecule has 2 atom stereocenters. The zero-order valence-corrected chi connectivity index (χ0v) is 15.2. The molecule has 1 aromatic rings. The summed E-state index contributed by atoms with van der Waals surface area (Å²) in [6.07, 6.45) is 6.29. The van der Waals surface area contributed by atoms with E-state index in [1.165, 1.54) is 12.0 Å². The van der Waals surface area contributed by atoms with Crippen LogP contribution in [0.15, 0.2) is 18.2 Å². The summed E-state index contributed by atoms with van der Waals surface area (Å²) in [6, 6.07) is 7.01. The van der Waals surface area contributed by atoms with E-state index in [1.54, 1.807) is 0 Å². The highest BCUT2D eigenvalue weighted by atomic mass is 35.5. The molecule has 0 radical (unpaired) electrons. The Morgan fingerprint density at radius 1 is 1.20 bits per heavy atom. The number of nitrogens with zero attached hydrogens (tertiary/aromatic N) is 1. The van der Waals surface area contributed by atoms with Crippen molar-refractivity contribution in [3.63, 3.8) is 0 Å². The number of anilines is 1. The van der Waals surface area contributed by atoms with Crippen LogP contribution in [-0.2, 0) is 22.4 Å². The number of fused-ring (bicyclic) bond motifs is 3. The Bertz CT molecular complexity index is 650. The van der Waals surface area contributed by atoms with Crippen molar-refractivity contribution in [2.45, 2.75) is 57.0 Å². The smallest absolute Gasteiger partial charge is 0.228 e. The molecule has 0 aromatic heterocycles. The fourth-order valence-corrected chi connectivity index (χ4v) is 4.40. The molecular formula is C19H26ClN3O2. The molecule has 0 saturated carbocycles. The number of halogens is 1. The van der Waals surface area contributed by atoms with Gasteiger partial charge in [0.25, 0.3) is 0 Å². The van der Waals surface area contributed by atoms with Crippen molar-refractivity contribution >= 4 is 29.9 Å². The topological polar surface area (TPSA) is 61.4 Å². The molecule has 1 aromatic carbocycles. The van der Waals surface area contributed by atoms with Crippen LogP contribution in [0.25, 0.3) is 0 Å². The van der Waals surface area contributed by atoms with Crippen molar-refractivity contribution in [2.75, 3.05) is 18.4 Å². The highest BCUT2D eigenvalue weighted by Crippen LogP contribution is 2.29. The third-order valence-electron chi connectivity index (χ3n) is 5.59. The number of carbonyl (C=O) groups is 2. The number of amides is 2. The van der Waals surface area contributed by atoms with Gasteiger partial charge in [0, 0.05) is 30.7 Å². The molecule has 2 saturated heterocycles. The highest BCUT2D eigenvalue weighted by molar-refractivity contribution is 5.99. The van der Waals surface area contributed by atoms with Crippen LogP contribution in [-0.4, -0.2) is 41.9 Å². The van der Waals surface area contributed by atoms with Crippen LogP contribution in [0.4, 0.5) is 5.69 Å². The maximum absolute atomic E-state index is 12.7. The predicted molar refractivity (Wildman–Crippen MR) is 100 cm³/mol. The molecule has 2 amide bonds. The molecule has 25 heavy (non-hydrogen) atoms. The van der Waals surface area contributed by atoms with E-state index < -0.39 is 0 Å². The van der Waals surface area contributed by atoms with Gasteiger partial charge >= 0.3 is 0 Å². The first kappa shape index (κ1) is 18.2. The lowest BCUT2D eigenvalue weighted by Gasteiger charge is -2.28. The van der Waals surface area contributed by atoms with E-state index in [4.69, 9.17) is 0 Å². The van der Waals surface area contributed by atoms with Crippen LogP contribution in [0, 0.1) is 0 Å². The summed E-state index contributed by atoms with van der Waals surface area (Å²) >= 11 is 0. The molecule has 5 nitrogen and oxygen atoms in total. The SMILES string of the molecule is Cl.O=C1Cc2cc(CCCC(=O)N3C4CCNCC3CC4)ccc2N1. The first-order valence-corrected chi connectivity index (χ1v) is 9.14. The lowest BCUT2D eigenvalue weighted by atomic mass is 10.0. The Hall–Kier alpha value is -1.59. The summed E-state index contributed by atoms with van der Waals surface area (Å²) in [4.78, 5) is 26.3. The Morgan fingerprint density at radius 2 is 2.04 bits per heavy atom.